The lowest BCUT2D eigenvalue weighted by Crippen LogP contribution is -2.47. The molecule has 0 aliphatic carbocycles. The molecular weight excluding hydrogens is 353 g/mol. The topological polar surface area (TPSA) is 73.2 Å². The van der Waals surface area contributed by atoms with Crippen molar-refractivity contribution < 1.29 is 14.3 Å². The van der Waals surface area contributed by atoms with Crippen LogP contribution in [0.4, 0.5) is 4.79 Å². The van der Waals surface area contributed by atoms with Crippen LogP contribution in [0.3, 0.4) is 0 Å². The minimum Gasteiger partial charge on any atom is -0.439 e. The normalized spacial score (nSPS) is 15.0. The highest BCUT2D eigenvalue weighted by Gasteiger charge is 2.48. The fourth-order valence-corrected chi connectivity index (χ4v) is 2.28. The molecule has 1 heterocycles. The second-order valence-corrected chi connectivity index (χ2v) is 8.06. The summed E-state index contributed by atoms with van der Waals surface area (Å²) in [6.07, 6.45) is 2.32. The van der Waals surface area contributed by atoms with Crippen molar-refractivity contribution in [3.8, 4) is 0 Å². The zero-order valence-corrected chi connectivity index (χ0v) is 14.9. The van der Waals surface area contributed by atoms with Gasteiger partial charge in [-0.05, 0) is 0 Å². The van der Waals surface area contributed by atoms with E-state index in [-0.39, 0.29) is 5.78 Å². The van der Waals surface area contributed by atoms with Gasteiger partial charge in [-0.25, -0.2) is 9.78 Å². The minimum atomic E-state index is -2.00. The van der Waals surface area contributed by atoms with E-state index in [4.69, 9.17) is 39.5 Å². The maximum atomic E-state index is 12.8. The Hall–Kier alpha value is -0.980. The highest BCUT2D eigenvalue weighted by molar-refractivity contribution is 6.68. The van der Waals surface area contributed by atoms with Gasteiger partial charge in [-0.1, -0.05) is 55.6 Å². The third kappa shape index (κ3) is 4.76. The second kappa shape index (κ2) is 7.06. The Morgan fingerprint density at radius 3 is 2.23 bits per heavy atom. The van der Waals surface area contributed by atoms with E-state index in [1.807, 2.05) is 0 Å². The molecule has 1 rings (SSSR count). The average Bonchev–Trinajstić information content (AvgIpc) is 2.89. The molecule has 1 N–H and O–H groups in total. The first kappa shape index (κ1) is 19.1. The van der Waals surface area contributed by atoms with E-state index in [0.717, 1.165) is 0 Å². The molecule has 0 fully saturated rings. The van der Waals surface area contributed by atoms with Crippen molar-refractivity contribution in [3.05, 3.63) is 18.7 Å². The van der Waals surface area contributed by atoms with Gasteiger partial charge in [0.2, 0.25) is 3.79 Å². The number of aromatic nitrogens is 2. The van der Waals surface area contributed by atoms with E-state index in [0.29, 0.717) is 0 Å². The molecule has 0 aliphatic rings. The second-order valence-electron chi connectivity index (χ2n) is 5.69. The fraction of sp³-hybridized carbons (Fsp3) is 0.615. The van der Waals surface area contributed by atoms with Crippen LogP contribution in [0.15, 0.2) is 18.7 Å². The van der Waals surface area contributed by atoms with Crippen LogP contribution in [0.2, 0.25) is 0 Å². The maximum Gasteiger partial charge on any atom is 0.407 e. The number of rotatable bonds is 4. The summed E-state index contributed by atoms with van der Waals surface area (Å²) in [4.78, 5) is 28.3. The van der Waals surface area contributed by atoms with Gasteiger partial charge in [-0.2, -0.15) is 0 Å². The smallest absolute Gasteiger partial charge is 0.407 e. The summed E-state index contributed by atoms with van der Waals surface area (Å²) in [5, 5.41) is 2.27. The Bertz CT molecular complexity index is 521. The number of carbonyl (C=O) groups is 2. The van der Waals surface area contributed by atoms with E-state index in [2.05, 4.69) is 10.3 Å². The van der Waals surface area contributed by atoms with Gasteiger partial charge >= 0.3 is 6.09 Å². The molecule has 0 saturated heterocycles. The molecule has 0 spiro atoms. The van der Waals surface area contributed by atoms with Crippen LogP contribution in [0.25, 0.3) is 0 Å². The number of hydrogen-bond acceptors (Lipinski definition) is 4. The number of ether oxygens (including phenoxy) is 1. The third-order valence-electron chi connectivity index (χ3n) is 2.90. The summed E-state index contributed by atoms with van der Waals surface area (Å²) >= 11 is 17.8. The highest BCUT2D eigenvalue weighted by Crippen LogP contribution is 2.40. The van der Waals surface area contributed by atoms with Gasteiger partial charge < -0.3 is 14.6 Å². The van der Waals surface area contributed by atoms with Gasteiger partial charge in [-0.3, -0.25) is 4.79 Å². The summed E-state index contributed by atoms with van der Waals surface area (Å²) in [5.74, 6) is -0.259. The summed E-state index contributed by atoms with van der Waals surface area (Å²) in [5.41, 5.74) is -0.741. The van der Waals surface area contributed by atoms with Crippen molar-refractivity contribution in [1.82, 2.24) is 14.9 Å². The van der Waals surface area contributed by atoms with Crippen LogP contribution in [0.1, 0.15) is 26.8 Å². The molecule has 0 aliphatic heterocycles. The Kier molecular flexibility index (Phi) is 6.12. The number of nitrogens with one attached hydrogen (secondary N) is 1. The molecule has 124 valence electrons. The van der Waals surface area contributed by atoms with E-state index >= 15 is 0 Å². The number of halogens is 3. The molecule has 1 amide bonds. The predicted octanol–water partition coefficient (Wildman–Crippen LogP) is 3.13. The van der Waals surface area contributed by atoms with Crippen molar-refractivity contribution in [1.29, 1.82) is 0 Å². The predicted molar refractivity (Wildman–Crippen MR) is 85.3 cm³/mol. The monoisotopic (exact) mass is 369 g/mol. The van der Waals surface area contributed by atoms with Crippen LogP contribution in [-0.2, 0) is 9.53 Å². The van der Waals surface area contributed by atoms with E-state index < -0.39 is 27.4 Å². The Labute approximate surface area is 144 Å². The highest BCUT2D eigenvalue weighted by atomic mass is 35.6. The third-order valence-corrected chi connectivity index (χ3v) is 3.55. The average molecular weight is 371 g/mol. The number of imidazole rings is 1. The lowest BCUT2D eigenvalue weighted by molar-refractivity contribution is -0.133. The first-order chi connectivity index (χ1) is 9.98. The van der Waals surface area contributed by atoms with Gasteiger partial charge in [0, 0.05) is 24.9 Å². The van der Waals surface area contributed by atoms with E-state index in [9.17, 15) is 9.59 Å². The van der Waals surface area contributed by atoms with Gasteiger partial charge in [-0.15, -0.1) is 0 Å². The first-order valence-electron chi connectivity index (χ1n) is 6.45. The zero-order valence-electron chi connectivity index (χ0n) is 12.6. The van der Waals surface area contributed by atoms with E-state index in [1.54, 1.807) is 27.0 Å². The molecule has 9 heteroatoms. The van der Waals surface area contributed by atoms with Crippen LogP contribution >= 0.6 is 34.8 Å². The zero-order chi connectivity index (χ0) is 17.1. The SMILES string of the molecule is CNC(=O)OC(C(C(=O)C(C)(C)C)n1ccnc1)C(Cl)(Cl)Cl. The largest absolute Gasteiger partial charge is 0.439 e. The van der Waals surface area contributed by atoms with Crippen molar-refractivity contribution in [2.24, 2.45) is 5.41 Å². The molecule has 0 radical (unpaired) electrons. The van der Waals surface area contributed by atoms with Gasteiger partial charge in [0.05, 0.1) is 6.33 Å². The summed E-state index contributed by atoms with van der Waals surface area (Å²) in [6, 6.07) is -1.02. The number of nitrogens with zero attached hydrogens (tertiary/aromatic N) is 2. The van der Waals surface area contributed by atoms with Crippen LogP contribution in [0, 0.1) is 5.41 Å². The maximum absolute atomic E-state index is 12.8. The lowest BCUT2D eigenvalue weighted by Gasteiger charge is -2.34. The standard InChI is InChI=1S/C13H18Cl3N3O3/c1-12(2,3)9(20)8(19-6-5-18-7-19)10(13(14,15)16)22-11(21)17-4/h5-8,10H,1-4H3,(H,17,21). The Morgan fingerprint density at radius 1 is 1.27 bits per heavy atom. The van der Waals surface area contributed by atoms with Gasteiger partial charge in [0.1, 0.15) is 6.04 Å². The van der Waals surface area contributed by atoms with Gasteiger partial charge in [0.25, 0.3) is 0 Å². The van der Waals surface area contributed by atoms with Gasteiger partial charge in [0.15, 0.2) is 11.9 Å². The van der Waals surface area contributed by atoms with Crippen LogP contribution < -0.4 is 5.32 Å². The molecule has 1 aromatic rings. The first-order valence-corrected chi connectivity index (χ1v) is 7.58. The number of carbonyl (C=O) groups excluding carboxylic acids is 2. The van der Waals surface area contributed by atoms with Crippen molar-refractivity contribution in [2.45, 2.75) is 36.7 Å². The Balaban J connectivity index is 3.32. The van der Waals surface area contributed by atoms with Crippen LogP contribution in [-0.4, -0.2) is 38.4 Å². The lowest BCUT2D eigenvalue weighted by atomic mass is 9.84. The number of hydrogen-bond donors (Lipinski definition) is 1. The Morgan fingerprint density at radius 2 is 1.86 bits per heavy atom. The van der Waals surface area contributed by atoms with Crippen molar-refractivity contribution in [2.75, 3.05) is 7.05 Å². The number of Topliss-reactive ketones (excluding diaryl/α,β-unsaturated/α-hetero) is 1. The van der Waals surface area contributed by atoms with Crippen molar-refractivity contribution >= 4 is 46.7 Å². The molecular formula is C13H18Cl3N3O3. The van der Waals surface area contributed by atoms with E-state index in [1.165, 1.54) is 24.1 Å². The summed E-state index contributed by atoms with van der Waals surface area (Å²) in [7, 11) is 1.37. The molecule has 2 unspecified atom stereocenters. The van der Waals surface area contributed by atoms with Crippen molar-refractivity contribution in [3.63, 3.8) is 0 Å². The summed E-state index contributed by atoms with van der Waals surface area (Å²) in [6.45, 7) is 5.19. The quantitative estimate of drug-likeness (QED) is 0.826. The van der Waals surface area contributed by atoms with Crippen LogP contribution in [0.5, 0.6) is 0 Å². The molecule has 1 aromatic heterocycles. The molecule has 0 saturated carbocycles. The molecule has 0 bridgehead atoms. The fourth-order valence-electron chi connectivity index (χ4n) is 1.79. The molecule has 22 heavy (non-hydrogen) atoms. The number of amides is 1. The summed E-state index contributed by atoms with van der Waals surface area (Å²) < 4.78 is 4.61. The molecule has 0 aromatic carbocycles. The minimum absolute atomic E-state index is 0.259. The molecule has 2 atom stereocenters. The number of alkyl carbamates (subject to hydrolysis) is 1. The number of ketones is 1. The molecule has 6 nitrogen and oxygen atoms in total. The number of alkyl halides is 3.